The molecule has 0 aliphatic heterocycles. The molecule has 0 aliphatic rings. The second-order valence-electron chi connectivity index (χ2n) is 3.31. The van der Waals surface area contributed by atoms with Crippen molar-refractivity contribution >= 4 is 21.7 Å². The highest BCUT2D eigenvalue weighted by Gasteiger charge is 2.16. The van der Waals surface area contributed by atoms with E-state index in [9.17, 15) is 4.79 Å². The Hall–Kier alpha value is -1.03. The number of alkyl halides is 1. The van der Waals surface area contributed by atoms with E-state index in [-0.39, 0.29) is 10.6 Å². The average molecular weight is 287 g/mol. The van der Waals surface area contributed by atoms with Gasteiger partial charge in [0.2, 0.25) is 0 Å². The maximum Gasteiger partial charge on any atom is 0.176 e. The molecule has 0 N–H and O–H groups in total. The van der Waals surface area contributed by atoms with E-state index in [1.807, 2.05) is 6.92 Å². The zero-order chi connectivity index (χ0) is 12.1. The van der Waals surface area contributed by atoms with Gasteiger partial charge in [0.1, 0.15) is 0 Å². The van der Waals surface area contributed by atoms with Crippen molar-refractivity contribution in [3.63, 3.8) is 0 Å². The Morgan fingerprint density at radius 3 is 2.44 bits per heavy atom. The largest absolute Gasteiger partial charge is 0.493 e. The van der Waals surface area contributed by atoms with Crippen LogP contribution >= 0.6 is 15.9 Å². The molecule has 1 unspecified atom stereocenters. The zero-order valence-electron chi connectivity index (χ0n) is 9.62. The molecule has 1 aromatic carbocycles. The second kappa shape index (κ2) is 5.89. The highest BCUT2D eigenvalue weighted by atomic mass is 79.9. The summed E-state index contributed by atoms with van der Waals surface area (Å²) in [5, 5.41) is 0. The number of methoxy groups -OCH3 is 2. The van der Waals surface area contributed by atoms with E-state index < -0.39 is 0 Å². The van der Waals surface area contributed by atoms with Crippen LogP contribution in [0.15, 0.2) is 18.2 Å². The molecule has 0 saturated carbocycles. The molecule has 0 bridgehead atoms. The summed E-state index contributed by atoms with van der Waals surface area (Å²) in [6, 6.07) is 5.18. The van der Waals surface area contributed by atoms with Gasteiger partial charge in [0.15, 0.2) is 17.3 Å². The number of carbonyl (C=O) groups excluding carboxylic acids is 1. The third-order valence-corrected chi connectivity index (χ3v) is 3.37. The molecule has 0 heterocycles. The summed E-state index contributed by atoms with van der Waals surface area (Å²) >= 11 is 3.34. The molecule has 0 radical (unpaired) electrons. The van der Waals surface area contributed by atoms with E-state index in [0.29, 0.717) is 17.1 Å². The Morgan fingerprint density at radius 2 is 1.94 bits per heavy atom. The van der Waals surface area contributed by atoms with Gasteiger partial charge in [-0.05, 0) is 24.6 Å². The van der Waals surface area contributed by atoms with Gasteiger partial charge >= 0.3 is 0 Å². The Morgan fingerprint density at radius 1 is 1.31 bits per heavy atom. The first-order valence-electron chi connectivity index (χ1n) is 5.04. The molecule has 1 rings (SSSR count). The third-order valence-electron chi connectivity index (χ3n) is 2.31. The summed E-state index contributed by atoms with van der Waals surface area (Å²) in [5.41, 5.74) is 0.626. The van der Waals surface area contributed by atoms with Crippen molar-refractivity contribution in [2.45, 2.75) is 18.2 Å². The van der Waals surface area contributed by atoms with Gasteiger partial charge in [-0.3, -0.25) is 4.79 Å². The van der Waals surface area contributed by atoms with Crippen molar-refractivity contribution in [2.24, 2.45) is 0 Å². The number of halogens is 1. The Kier molecular flexibility index (Phi) is 4.80. The van der Waals surface area contributed by atoms with E-state index in [4.69, 9.17) is 9.47 Å². The van der Waals surface area contributed by atoms with Crippen LogP contribution in [0, 0.1) is 0 Å². The standard InChI is InChI=1S/C12H15BrO3/c1-4-9(13)12(14)8-5-6-10(15-2)11(7-8)16-3/h5-7,9H,4H2,1-3H3. The number of hydrogen-bond donors (Lipinski definition) is 0. The highest BCUT2D eigenvalue weighted by molar-refractivity contribution is 9.10. The lowest BCUT2D eigenvalue weighted by atomic mass is 10.1. The molecule has 0 fully saturated rings. The van der Waals surface area contributed by atoms with Gasteiger partial charge in [-0.25, -0.2) is 0 Å². The van der Waals surface area contributed by atoms with Crippen LogP contribution in [0.5, 0.6) is 11.5 Å². The van der Waals surface area contributed by atoms with Crippen LogP contribution < -0.4 is 9.47 Å². The molecule has 1 aromatic rings. The second-order valence-corrected chi connectivity index (χ2v) is 4.42. The maximum atomic E-state index is 11.9. The number of hydrogen-bond acceptors (Lipinski definition) is 3. The fourth-order valence-electron chi connectivity index (χ4n) is 1.36. The summed E-state index contributed by atoms with van der Waals surface area (Å²) in [5.74, 6) is 1.26. The molecule has 88 valence electrons. The Bertz CT molecular complexity index is 377. The van der Waals surface area contributed by atoms with Crippen molar-refractivity contribution in [1.82, 2.24) is 0 Å². The summed E-state index contributed by atoms with van der Waals surface area (Å²) in [6.45, 7) is 1.96. The smallest absolute Gasteiger partial charge is 0.176 e. The van der Waals surface area contributed by atoms with E-state index >= 15 is 0 Å². The van der Waals surface area contributed by atoms with Crippen molar-refractivity contribution in [3.05, 3.63) is 23.8 Å². The fourth-order valence-corrected chi connectivity index (χ4v) is 1.62. The van der Waals surface area contributed by atoms with Gasteiger partial charge in [0.05, 0.1) is 19.0 Å². The average Bonchev–Trinajstić information content (AvgIpc) is 2.35. The normalized spacial score (nSPS) is 12.0. The highest BCUT2D eigenvalue weighted by Crippen LogP contribution is 2.28. The first-order valence-corrected chi connectivity index (χ1v) is 5.95. The minimum atomic E-state index is -0.148. The molecule has 0 saturated heterocycles. The summed E-state index contributed by atoms with van der Waals surface area (Å²) < 4.78 is 10.3. The minimum absolute atomic E-state index is 0.0588. The Balaban J connectivity index is 3.03. The fraction of sp³-hybridized carbons (Fsp3) is 0.417. The van der Waals surface area contributed by atoms with Crippen LogP contribution in [0.1, 0.15) is 23.7 Å². The quantitative estimate of drug-likeness (QED) is 0.616. The first kappa shape index (κ1) is 13.0. The van der Waals surface area contributed by atoms with Crippen LogP contribution in [0.2, 0.25) is 0 Å². The minimum Gasteiger partial charge on any atom is -0.493 e. The first-order chi connectivity index (χ1) is 7.63. The number of ether oxygens (including phenoxy) is 2. The van der Waals surface area contributed by atoms with E-state index in [1.54, 1.807) is 32.4 Å². The molecule has 0 spiro atoms. The molecule has 16 heavy (non-hydrogen) atoms. The van der Waals surface area contributed by atoms with Gasteiger partial charge in [0.25, 0.3) is 0 Å². The lowest BCUT2D eigenvalue weighted by Gasteiger charge is -2.10. The van der Waals surface area contributed by atoms with Gasteiger partial charge in [0, 0.05) is 5.56 Å². The molecular weight excluding hydrogens is 272 g/mol. The summed E-state index contributed by atoms with van der Waals surface area (Å²) in [4.78, 5) is 11.8. The molecular formula is C12H15BrO3. The Labute approximate surface area is 104 Å². The number of benzene rings is 1. The van der Waals surface area contributed by atoms with Crippen LogP contribution in [0.25, 0.3) is 0 Å². The predicted octanol–water partition coefficient (Wildman–Crippen LogP) is 3.06. The van der Waals surface area contributed by atoms with E-state index in [0.717, 1.165) is 6.42 Å². The molecule has 0 amide bonds. The molecule has 4 heteroatoms. The summed E-state index contributed by atoms with van der Waals surface area (Å²) in [7, 11) is 3.12. The van der Waals surface area contributed by atoms with Crippen LogP contribution in [0.3, 0.4) is 0 Å². The van der Waals surface area contributed by atoms with Crippen molar-refractivity contribution < 1.29 is 14.3 Å². The molecule has 3 nitrogen and oxygen atoms in total. The van der Waals surface area contributed by atoms with Crippen molar-refractivity contribution in [2.75, 3.05) is 14.2 Å². The number of carbonyl (C=O) groups is 1. The third kappa shape index (κ3) is 2.76. The van der Waals surface area contributed by atoms with Crippen molar-refractivity contribution in [3.8, 4) is 11.5 Å². The number of Topliss-reactive ketones (excluding diaryl/α,β-unsaturated/α-hetero) is 1. The topological polar surface area (TPSA) is 35.5 Å². The molecule has 0 aromatic heterocycles. The van der Waals surface area contributed by atoms with Gasteiger partial charge in [-0.1, -0.05) is 22.9 Å². The monoisotopic (exact) mass is 286 g/mol. The van der Waals surface area contributed by atoms with E-state index in [2.05, 4.69) is 15.9 Å². The number of ketones is 1. The van der Waals surface area contributed by atoms with Crippen molar-refractivity contribution in [1.29, 1.82) is 0 Å². The lowest BCUT2D eigenvalue weighted by molar-refractivity contribution is 0.0990. The van der Waals surface area contributed by atoms with Crippen LogP contribution in [0.4, 0.5) is 0 Å². The molecule has 0 aliphatic carbocycles. The maximum absolute atomic E-state index is 11.9. The predicted molar refractivity (Wildman–Crippen MR) is 66.9 cm³/mol. The van der Waals surface area contributed by atoms with Gasteiger partial charge < -0.3 is 9.47 Å². The SMILES string of the molecule is CCC(Br)C(=O)c1ccc(OC)c(OC)c1. The molecule has 1 atom stereocenters. The van der Waals surface area contributed by atoms with Crippen LogP contribution in [-0.4, -0.2) is 24.8 Å². The zero-order valence-corrected chi connectivity index (χ0v) is 11.2. The van der Waals surface area contributed by atoms with Gasteiger partial charge in [-0.2, -0.15) is 0 Å². The van der Waals surface area contributed by atoms with E-state index in [1.165, 1.54) is 0 Å². The lowest BCUT2D eigenvalue weighted by Crippen LogP contribution is -2.13. The summed E-state index contributed by atoms with van der Waals surface area (Å²) in [6.07, 6.45) is 0.757. The number of rotatable bonds is 5. The van der Waals surface area contributed by atoms with Crippen LogP contribution in [-0.2, 0) is 0 Å². The van der Waals surface area contributed by atoms with Gasteiger partial charge in [-0.15, -0.1) is 0 Å².